The monoisotopic (exact) mass is 205 g/mol. The first-order valence-electron chi connectivity index (χ1n) is 4.70. The van der Waals surface area contributed by atoms with E-state index in [9.17, 15) is 4.39 Å². The van der Waals surface area contributed by atoms with Gasteiger partial charge in [0.15, 0.2) is 0 Å². The predicted molar refractivity (Wildman–Crippen MR) is 57.8 cm³/mol. The van der Waals surface area contributed by atoms with Gasteiger partial charge in [-0.25, -0.2) is 9.37 Å². The van der Waals surface area contributed by atoms with E-state index in [2.05, 4.69) is 10.3 Å². The maximum absolute atomic E-state index is 13.4. The Morgan fingerprint density at radius 1 is 1.40 bits per heavy atom. The van der Waals surface area contributed by atoms with E-state index in [1.165, 1.54) is 6.07 Å². The summed E-state index contributed by atoms with van der Waals surface area (Å²) in [4.78, 5) is 4.11. The Labute approximate surface area is 87.6 Å². The standard InChI is InChI=1S/C11H12FN3/c1-8-9(12)4-3-5-10(8)15-7-6-14-11(15)13-2/h3-7H,1-2H3,(H,13,14). The number of nitrogens with zero attached hydrogens (tertiary/aromatic N) is 2. The van der Waals surface area contributed by atoms with Gasteiger partial charge in [-0.15, -0.1) is 0 Å². The van der Waals surface area contributed by atoms with Crippen molar-refractivity contribution in [2.75, 3.05) is 12.4 Å². The van der Waals surface area contributed by atoms with Crippen LogP contribution in [0.25, 0.3) is 5.69 Å². The first kappa shape index (κ1) is 9.71. The molecule has 0 spiro atoms. The molecule has 0 radical (unpaired) electrons. The number of benzene rings is 1. The number of rotatable bonds is 2. The average molecular weight is 205 g/mol. The van der Waals surface area contributed by atoms with Gasteiger partial charge in [-0.3, -0.25) is 4.57 Å². The van der Waals surface area contributed by atoms with Gasteiger partial charge in [-0.2, -0.15) is 0 Å². The molecule has 1 N–H and O–H groups in total. The SMILES string of the molecule is CNc1nccn1-c1cccc(F)c1C. The molecule has 78 valence electrons. The minimum Gasteiger partial charge on any atom is -0.358 e. The zero-order valence-corrected chi connectivity index (χ0v) is 8.66. The van der Waals surface area contributed by atoms with Crippen molar-refractivity contribution >= 4 is 5.95 Å². The van der Waals surface area contributed by atoms with Crippen molar-refractivity contribution in [2.24, 2.45) is 0 Å². The molecule has 0 aliphatic rings. The molecular weight excluding hydrogens is 193 g/mol. The van der Waals surface area contributed by atoms with Crippen LogP contribution in [-0.2, 0) is 0 Å². The fraction of sp³-hybridized carbons (Fsp3) is 0.182. The van der Waals surface area contributed by atoms with Gasteiger partial charge in [0.05, 0.1) is 5.69 Å². The van der Waals surface area contributed by atoms with Crippen LogP contribution in [-0.4, -0.2) is 16.6 Å². The third-order valence-electron chi connectivity index (χ3n) is 2.36. The van der Waals surface area contributed by atoms with E-state index < -0.39 is 0 Å². The zero-order valence-electron chi connectivity index (χ0n) is 8.66. The molecule has 0 aliphatic carbocycles. The molecule has 0 saturated heterocycles. The summed E-state index contributed by atoms with van der Waals surface area (Å²) in [7, 11) is 1.79. The summed E-state index contributed by atoms with van der Waals surface area (Å²) in [5.41, 5.74) is 1.42. The second kappa shape index (κ2) is 3.73. The maximum atomic E-state index is 13.4. The van der Waals surface area contributed by atoms with Gasteiger partial charge in [0, 0.05) is 25.0 Å². The number of hydrogen-bond donors (Lipinski definition) is 1. The zero-order chi connectivity index (χ0) is 10.8. The van der Waals surface area contributed by atoms with Crippen molar-refractivity contribution in [1.29, 1.82) is 0 Å². The van der Waals surface area contributed by atoms with Crippen LogP contribution in [0, 0.1) is 12.7 Å². The largest absolute Gasteiger partial charge is 0.358 e. The van der Waals surface area contributed by atoms with Crippen molar-refractivity contribution in [3.05, 3.63) is 42.0 Å². The molecule has 0 unspecified atom stereocenters. The quantitative estimate of drug-likeness (QED) is 0.815. The van der Waals surface area contributed by atoms with Crippen LogP contribution in [0.15, 0.2) is 30.6 Å². The van der Waals surface area contributed by atoms with E-state index in [1.54, 1.807) is 32.4 Å². The van der Waals surface area contributed by atoms with Gasteiger partial charge >= 0.3 is 0 Å². The van der Waals surface area contributed by atoms with Gasteiger partial charge in [-0.1, -0.05) is 6.07 Å². The van der Waals surface area contributed by atoms with Crippen molar-refractivity contribution < 1.29 is 4.39 Å². The number of aromatic nitrogens is 2. The number of imidazole rings is 1. The van der Waals surface area contributed by atoms with Crippen LogP contribution in [0.5, 0.6) is 0 Å². The summed E-state index contributed by atoms with van der Waals surface area (Å²) in [6.07, 6.45) is 3.48. The molecular formula is C11H12FN3. The highest BCUT2D eigenvalue weighted by Crippen LogP contribution is 2.19. The van der Waals surface area contributed by atoms with Gasteiger partial charge in [0.25, 0.3) is 0 Å². The molecule has 2 aromatic rings. The van der Waals surface area contributed by atoms with E-state index in [4.69, 9.17) is 0 Å². The summed E-state index contributed by atoms with van der Waals surface area (Å²) in [5.74, 6) is 0.493. The fourth-order valence-electron chi connectivity index (χ4n) is 1.54. The van der Waals surface area contributed by atoms with Gasteiger partial charge < -0.3 is 5.32 Å². The Bertz CT molecular complexity index is 476. The van der Waals surface area contributed by atoms with Crippen LogP contribution < -0.4 is 5.32 Å². The highest BCUT2D eigenvalue weighted by atomic mass is 19.1. The van der Waals surface area contributed by atoms with Crippen LogP contribution in [0.3, 0.4) is 0 Å². The number of hydrogen-bond acceptors (Lipinski definition) is 2. The van der Waals surface area contributed by atoms with Gasteiger partial charge in [-0.05, 0) is 19.1 Å². The van der Waals surface area contributed by atoms with Crippen LogP contribution in [0.2, 0.25) is 0 Å². The fourth-order valence-corrected chi connectivity index (χ4v) is 1.54. The summed E-state index contributed by atoms with van der Waals surface area (Å²) in [6.45, 7) is 1.75. The molecule has 0 amide bonds. The normalized spacial score (nSPS) is 10.3. The van der Waals surface area contributed by atoms with Crippen LogP contribution >= 0.6 is 0 Å². The number of nitrogens with one attached hydrogen (secondary N) is 1. The van der Waals surface area contributed by atoms with Crippen molar-refractivity contribution in [1.82, 2.24) is 9.55 Å². The van der Waals surface area contributed by atoms with Crippen molar-refractivity contribution in [2.45, 2.75) is 6.92 Å². The summed E-state index contributed by atoms with van der Waals surface area (Å²) >= 11 is 0. The van der Waals surface area contributed by atoms with Gasteiger partial charge in [0.1, 0.15) is 5.82 Å². The lowest BCUT2D eigenvalue weighted by Gasteiger charge is -2.10. The Hall–Kier alpha value is -1.84. The maximum Gasteiger partial charge on any atom is 0.207 e. The van der Waals surface area contributed by atoms with E-state index in [0.29, 0.717) is 11.5 Å². The summed E-state index contributed by atoms with van der Waals surface area (Å²) < 4.78 is 15.2. The number of anilines is 1. The van der Waals surface area contributed by atoms with Crippen LogP contribution in [0.1, 0.15) is 5.56 Å². The highest BCUT2D eigenvalue weighted by molar-refractivity contribution is 5.46. The molecule has 3 nitrogen and oxygen atoms in total. The summed E-state index contributed by atoms with van der Waals surface area (Å²) in [5, 5.41) is 2.95. The second-order valence-electron chi connectivity index (χ2n) is 3.25. The highest BCUT2D eigenvalue weighted by Gasteiger charge is 2.08. The van der Waals surface area contributed by atoms with E-state index in [0.717, 1.165) is 5.69 Å². The lowest BCUT2D eigenvalue weighted by Crippen LogP contribution is -2.03. The topological polar surface area (TPSA) is 29.9 Å². The molecule has 0 aliphatic heterocycles. The predicted octanol–water partition coefficient (Wildman–Crippen LogP) is 2.36. The van der Waals surface area contributed by atoms with E-state index >= 15 is 0 Å². The molecule has 4 heteroatoms. The Morgan fingerprint density at radius 3 is 2.93 bits per heavy atom. The molecule has 1 heterocycles. The van der Waals surface area contributed by atoms with Crippen molar-refractivity contribution in [3.63, 3.8) is 0 Å². The lowest BCUT2D eigenvalue weighted by molar-refractivity contribution is 0.617. The molecule has 0 bridgehead atoms. The first-order valence-corrected chi connectivity index (χ1v) is 4.70. The van der Waals surface area contributed by atoms with Crippen molar-refractivity contribution in [3.8, 4) is 5.69 Å². The Balaban J connectivity index is 2.59. The summed E-state index contributed by atoms with van der Waals surface area (Å²) in [6, 6.07) is 5.01. The molecule has 0 fully saturated rings. The molecule has 0 saturated carbocycles. The lowest BCUT2D eigenvalue weighted by atomic mass is 10.2. The Morgan fingerprint density at radius 2 is 2.20 bits per heavy atom. The molecule has 1 aromatic carbocycles. The van der Waals surface area contributed by atoms with E-state index in [-0.39, 0.29) is 5.82 Å². The molecule has 2 rings (SSSR count). The molecule has 1 aromatic heterocycles. The molecule has 15 heavy (non-hydrogen) atoms. The minimum atomic E-state index is -0.205. The first-order chi connectivity index (χ1) is 7.24. The Kier molecular flexibility index (Phi) is 2.41. The van der Waals surface area contributed by atoms with Crippen LogP contribution in [0.4, 0.5) is 10.3 Å². The smallest absolute Gasteiger partial charge is 0.207 e. The second-order valence-corrected chi connectivity index (χ2v) is 3.25. The third-order valence-corrected chi connectivity index (χ3v) is 2.36. The number of halogens is 1. The molecule has 0 atom stereocenters. The average Bonchev–Trinajstić information content (AvgIpc) is 2.70. The van der Waals surface area contributed by atoms with E-state index in [1.807, 2.05) is 10.6 Å². The third kappa shape index (κ3) is 1.58. The minimum absolute atomic E-state index is 0.205. The van der Waals surface area contributed by atoms with Gasteiger partial charge in [0.2, 0.25) is 5.95 Å².